The van der Waals surface area contributed by atoms with Crippen LogP contribution in [0, 0.1) is 0 Å². The second-order valence-corrected chi connectivity index (χ2v) is 6.96. The third-order valence-electron chi connectivity index (χ3n) is 5.44. The summed E-state index contributed by atoms with van der Waals surface area (Å²) < 4.78 is 4.80. The number of methoxy groups -OCH3 is 1. The summed E-state index contributed by atoms with van der Waals surface area (Å²) in [7, 11) is 1.22. The van der Waals surface area contributed by atoms with Crippen LogP contribution in [0.15, 0.2) is 24.3 Å². The summed E-state index contributed by atoms with van der Waals surface area (Å²) in [6.07, 6.45) is 0.905. The van der Waals surface area contributed by atoms with Crippen molar-refractivity contribution in [3.8, 4) is 0 Å². The van der Waals surface area contributed by atoms with Crippen LogP contribution in [0.25, 0.3) is 0 Å². The van der Waals surface area contributed by atoms with Gasteiger partial charge in [0.05, 0.1) is 18.2 Å². The fourth-order valence-corrected chi connectivity index (χ4v) is 4.10. The van der Waals surface area contributed by atoms with Gasteiger partial charge in [0.1, 0.15) is 6.04 Å². The minimum Gasteiger partial charge on any atom is -0.467 e. The molecule has 3 heterocycles. The van der Waals surface area contributed by atoms with Gasteiger partial charge in [-0.15, -0.1) is 0 Å². The molecule has 0 spiro atoms. The van der Waals surface area contributed by atoms with Gasteiger partial charge in [0, 0.05) is 13.0 Å². The summed E-state index contributed by atoms with van der Waals surface area (Å²) in [5.74, 6) is -2.69. The van der Waals surface area contributed by atoms with Gasteiger partial charge in [0.25, 0.3) is 17.7 Å². The summed E-state index contributed by atoms with van der Waals surface area (Å²) in [5.41, 5.74) is 0.465. The number of carbonyl (C=O) groups is 5. The lowest BCUT2D eigenvalue weighted by molar-refractivity contribution is -0.182. The number of nitrogens with zero attached hydrogens (tertiary/aromatic N) is 3. The monoisotopic (exact) mass is 385 g/mol. The normalized spacial score (nSPS) is 24.8. The molecule has 146 valence electrons. The lowest BCUT2D eigenvalue weighted by atomic mass is 10.1. The minimum absolute atomic E-state index is 0.00575. The maximum atomic E-state index is 13.4. The van der Waals surface area contributed by atoms with E-state index < -0.39 is 35.8 Å². The molecule has 2 saturated heterocycles. The molecular formula is C19H19N3O6. The minimum atomic E-state index is -1.15. The summed E-state index contributed by atoms with van der Waals surface area (Å²) in [4.78, 5) is 64.7. The van der Waals surface area contributed by atoms with Crippen LogP contribution in [0.5, 0.6) is 0 Å². The third kappa shape index (κ3) is 2.57. The van der Waals surface area contributed by atoms with Crippen molar-refractivity contribution in [2.24, 2.45) is 0 Å². The average Bonchev–Trinajstić information content (AvgIpc) is 2.89. The molecule has 0 saturated carbocycles. The molecule has 0 radical (unpaired) electrons. The van der Waals surface area contributed by atoms with Gasteiger partial charge in [-0.2, -0.15) is 0 Å². The van der Waals surface area contributed by atoms with Gasteiger partial charge in [0.15, 0.2) is 6.04 Å². The average molecular weight is 385 g/mol. The summed E-state index contributed by atoms with van der Waals surface area (Å²) in [6, 6.07) is 4.26. The van der Waals surface area contributed by atoms with Crippen LogP contribution in [-0.4, -0.2) is 70.3 Å². The van der Waals surface area contributed by atoms with Crippen molar-refractivity contribution in [3.63, 3.8) is 0 Å². The molecule has 1 aromatic carbocycles. The zero-order chi connectivity index (χ0) is 20.0. The molecule has 4 rings (SSSR count). The quantitative estimate of drug-likeness (QED) is 0.538. The molecule has 0 bridgehead atoms. The van der Waals surface area contributed by atoms with Crippen molar-refractivity contribution in [1.29, 1.82) is 0 Å². The van der Waals surface area contributed by atoms with Crippen molar-refractivity contribution in [2.45, 2.75) is 37.8 Å². The van der Waals surface area contributed by atoms with Crippen LogP contribution in [0.1, 0.15) is 46.4 Å². The van der Waals surface area contributed by atoms with Gasteiger partial charge in [0.2, 0.25) is 5.91 Å². The predicted molar refractivity (Wildman–Crippen MR) is 93.6 cm³/mol. The van der Waals surface area contributed by atoms with Crippen molar-refractivity contribution >= 4 is 29.6 Å². The Bertz CT molecular complexity index is 862. The Kier molecular flexibility index (Phi) is 4.37. The van der Waals surface area contributed by atoms with E-state index in [2.05, 4.69) is 0 Å². The lowest BCUT2D eigenvalue weighted by Crippen LogP contribution is -2.62. The predicted octanol–water partition coefficient (Wildman–Crippen LogP) is 0.353. The highest BCUT2D eigenvalue weighted by Gasteiger charge is 2.50. The van der Waals surface area contributed by atoms with Gasteiger partial charge in [-0.3, -0.25) is 29.1 Å². The molecule has 0 aliphatic carbocycles. The SMILES string of the molecule is COC(=O)[C@@H]1CCCN2C(=O)CCC(N3C(=O)c4ccccc4C3=O)C(=O)N12. The summed E-state index contributed by atoms with van der Waals surface area (Å²) in [6.45, 7) is 0.299. The lowest BCUT2D eigenvalue weighted by Gasteiger charge is -2.42. The second-order valence-electron chi connectivity index (χ2n) is 6.96. The molecule has 1 unspecified atom stereocenters. The number of imide groups is 1. The van der Waals surface area contributed by atoms with E-state index in [0.717, 1.165) is 9.91 Å². The first-order valence-corrected chi connectivity index (χ1v) is 9.13. The highest BCUT2D eigenvalue weighted by Crippen LogP contribution is 2.31. The van der Waals surface area contributed by atoms with Crippen LogP contribution >= 0.6 is 0 Å². The van der Waals surface area contributed by atoms with E-state index >= 15 is 0 Å². The second kappa shape index (κ2) is 6.74. The molecule has 3 aliphatic heterocycles. The van der Waals surface area contributed by atoms with Gasteiger partial charge in [-0.05, 0) is 31.4 Å². The number of hydrogen-bond acceptors (Lipinski definition) is 6. The number of benzene rings is 1. The first-order chi connectivity index (χ1) is 13.5. The molecule has 2 fully saturated rings. The number of ether oxygens (including phenoxy) is 1. The van der Waals surface area contributed by atoms with Crippen molar-refractivity contribution in [3.05, 3.63) is 35.4 Å². The van der Waals surface area contributed by atoms with E-state index in [0.29, 0.717) is 19.4 Å². The van der Waals surface area contributed by atoms with Crippen molar-refractivity contribution in [2.75, 3.05) is 13.7 Å². The summed E-state index contributed by atoms with van der Waals surface area (Å²) in [5, 5.41) is 2.35. The molecule has 28 heavy (non-hydrogen) atoms. The Hall–Kier alpha value is -3.23. The Morgan fingerprint density at radius 1 is 1.04 bits per heavy atom. The molecule has 3 aliphatic rings. The fraction of sp³-hybridized carbons (Fsp3) is 0.421. The number of hydrazine groups is 1. The fourth-order valence-electron chi connectivity index (χ4n) is 4.10. The topological polar surface area (TPSA) is 104 Å². The van der Waals surface area contributed by atoms with Gasteiger partial charge >= 0.3 is 5.97 Å². The van der Waals surface area contributed by atoms with E-state index in [-0.39, 0.29) is 29.9 Å². The third-order valence-corrected chi connectivity index (χ3v) is 5.44. The summed E-state index contributed by atoms with van der Waals surface area (Å²) >= 11 is 0. The highest BCUT2D eigenvalue weighted by molar-refractivity contribution is 6.23. The Labute approximate surface area is 160 Å². The number of hydrogen-bond donors (Lipinski definition) is 0. The molecule has 0 aromatic heterocycles. The molecular weight excluding hydrogens is 366 g/mol. The van der Waals surface area contributed by atoms with Gasteiger partial charge in [-0.1, -0.05) is 12.1 Å². The van der Waals surface area contributed by atoms with Crippen LogP contribution in [-0.2, 0) is 19.1 Å². The zero-order valence-electron chi connectivity index (χ0n) is 15.3. The molecule has 2 atom stereocenters. The van der Waals surface area contributed by atoms with E-state index in [1.807, 2.05) is 0 Å². The zero-order valence-corrected chi connectivity index (χ0v) is 15.3. The number of fused-ring (bicyclic) bond motifs is 2. The Balaban J connectivity index is 1.72. The number of amides is 4. The largest absolute Gasteiger partial charge is 0.467 e. The van der Waals surface area contributed by atoms with Crippen LogP contribution in [0.3, 0.4) is 0 Å². The molecule has 9 nitrogen and oxygen atoms in total. The first-order valence-electron chi connectivity index (χ1n) is 9.13. The maximum absolute atomic E-state index is 13.4. The number of esters is 1. The van der Waals surface area contributed by atoms with E-state index in [1.54, 1.807) is 12.1 Å². The van der Waals surface area contributed by atoms with E-state index in [9.17, 15) is 24.0 Å². The number of rotatable bonds is 2. The Morgan fingerprint density at radius 2 is 1.68 bits per heavy atom. The standard InChI is InChI=1S/C19H19N3O6/c1-28-19(27)14-7-4-10-20-15(23)9-8-13(18(26)22(14)20)21-16(24)11-5-2-3-6-12(11)17(21)25/h2-3,5-6,13-14H,4,7-10H2,1H3/t13?,14-/m0/s1. The van der Waals surface area contributed by atoms with Gasteiger partial charge < -0.3 is 4.74 Å². The highest BCUT2D eigenvalue weighted by atomic mass is 16.5. The molecule has 9 heteroatoms. The van der Waals surface area contributed by atoms with Crippen LogP contribution < -0.4 is 0 Å². The van der Waals surface area contributed by atoms with Gasteiger partial charge in [-0.25, -0.2) is 9.80 Å². The number of carbonyl (C=O) groups excluding carboxylic acids is 5. The smallest absolute Gasteiger partial charge is 0.330 e. The molecule has 1 aromatic rings. The van der Waals surface area contributed by atoms with Crippen molar-refractivity contribution < 1.29 is 28.7 Å². The van der Waals surface area contributed by atoms with E-state index in [1.165, 1.54) is 24.3 Å². The van der Waals surface area contributed by atoms with E-state index in [4.69, 9.17) is 4.74 Å². The van der Waals surface area contributed by atoms with Crippen LogP contribution in [0.4, 0.5) is 0 Å². The first kappa shape index (κ1) is 18.1. The Morgan fingerprint density at radius 3 is 2.29 bits per heavy atom. The van der Waals surface area contributed by atoms with Crippen molar-refractivity contribution in [1.82, 2.24) is 14.9 Å². The van der Waals surface area contributed by atoms with Crippen LogP contribution in [0.2, 0.25) is 0 Å². The maximum Gasteiger partial charge on any atom is 0.330 e. The molecule has 0 N–H and O–H groups in total. The molecule has 4 amide bonds.